The van der Waals surface area contributed by atoms with Gasteiger partial charge >= 0.3 is 0 Å². The summed E-state index contributed by atoms with van der Waals surface area (Å²) in [7, 11) is 0. The van der Waals surface area contributed by atoms with Crippen molar-refractivity contribution in [2.75, 3.05) is 0 Å². The molecule has 6 unspecified atom stereocenters. The van der Waals surface area contributed by atoms with Crippen molar-refractivity contribution >= 4 is 0 Å². The van der Waals surface area contributed by atoms with E-state index in [1.807, 2.05) is 0 Å². The van der Waals surface area contributed by atoms with Crippen molar-refractivity contribution in [2.24, 2.45) is 11.8 Å². The molecule has 2 fully saturated rings. The van der Waals surface area contributed by atoms with Gasteiger partial charge in [-0.2, -0.15) is 0 Å². The molecule has 0 aromatic rings. The van der Waals surface area contributed by atoms with Gasteiger partial charge in [-0.15, -0.1) is 0 Å². The number of hydrogen-bond donors (Lipinski definition) is 2. The van der Waals surface area contributed by atoms with Crippen molar-refractivity contribution in [1.29, 1.82) is 0 Å². The van der Waals surface area contributed by atoms with Gasteiger partial charge < -0.3 is 10.2 Å². The summed E-state index contributed by atoms with van der Waals surface area (Å²) < 4.78 is 26.6. The molecule has 94 valence electrons. The minimum Gasteiger partial charge on any atom is -0.393 e. The molecule has 0 saturated heterocycles. The summed E-state index contributed by atoms with van der Waals surface area (Å²) in [6.07, 6.45) is -0.735. The Labute approximate surface area is 94.7 Å². The largest absolute Gasteiger partial charge is 0.393 e. The Morgan fingerprint density at radius 2 is 1.00 bits per heavy atom. The number of halogens is 2. The van der Waals surface area contributed by atoms with Crippen LogP contribution >= 0.6 is 0 Å². The van der Waals surface area contributed by atoms with Crippen molar-refractivity contribution in [2.45, 2.75) is 63.1 Å². The minimum absolute atomic E-state index is 0.0342. The summed E-state index contributed by atoms with van der Waals surface area (Å²) in [5, 5.41) is 19.0. The van der Waals surface area contributed by atoms with Crippen LogP contribution in [0.25, 0.3) is 0 Å². The van der Waals surface area contributed by atoms with Crippen LogP contribution in [0.2, 0.25) is 0 Å². The second-order valence-corrected chi connectivity index (χ2v) is 5.44. The number of rotatable bonds is 1. The molecule has 16 heavy (non-hydrogen) atoms. The Bertz CT molecular complexity index is 193. The SMILES string of the molecule is OC1CC(F)CC(C2CC(O)CC(F)C2)C1. The lowest BCUT2D eigenvalue weighted by Crippen LogP contribution is -2.37. The normalized spacial score (nSPS) is 50.2. The highest BCUT2D eigenvalue weighted by Crippen LogP contribution is 2.40. The number of aliphatic hydroxyl groups is 2. The standard InChI is InChI=1S/C12H20F2O2/c13-9-1-7(3-11(15)5-9)8-2-10(14)6-12(16)4-8/h7-12,15-16H,1-6H2. The lowest BCUT2D eigenvalue weighted by atomic mass is 9.71. The smallest absolute Gasteiger partial charge is 0.103 e. The van der Waals surface area contributed by atoms with Gasteiger partial charge in [0.1, 0.15) is 12.3 Å². The van der Waals surface area contributed by atoms with Gasteiger partial charge in [-0.1, -0.05) is 0 Å². The summed E-state index contributed by atoms with van der Waals surface area (Å²) in [5.41, 5.74) is 0. The first-order valence-corrected chi connectivity index (χ1v) is 6.19. The van der Waals surface area contributed by atoms with E-state index in [-0.39, 0.29) is 24.7 Å². The quantitative estimate of drug-likeness (QED) is 0.728. The highest BCUT2D eigenvalue weighted by molar-refractivity contribution is 4.88. The first kappa shape index (κ1) is 12.2. The Morgan fingerprint density at radius 3 is 1.31 bits per heavy atom. The van der Waals surface area contributed by atoms with Crippen LogP contribution in [-0.4, -0.2) is 34.8 Å². The van der Waals surface area contributed by atoms with Gasteiger partial charge in [0.15, 0.2) is 0 Å². The van der Waals surface area contributed by atoms with Gasteiger partial charge in [0.2, 0.25) is 0 Å². The molecule has 0 aliphatic heterocycles. The molecule has 2 nitrogen and oxygen atoms in total. The predicted molar refractivity (Wildman–Crippen MR) is 56.5 cm³/mol. The van der Waals surface area contributed by atoms with Crippen molar-refractivity contribution in [3.63, 3.8) is 0 Å². The first-order chi connectivity index (χ1) is 7.54. The molecule has 4 heteroatoms. The lowest BCUT2D eigenvalue weighted by molar-refractivity contribution is -0.0106. The Morgan fingerprint density at radius 1 is 0.625 bits per heavy atom. The van der Waals surface area contributed by atoms with E-state index in [2.05, 4.69) is 0 Å². The number of aliphatic hydroxyl groups excluding tert-OH is 2. The summed E-state index contributed by atoms with van der Waals surface area (Å²) in [6.45, 7) is 0. The third-order valence-corrected chi connectivity index (χ3v) is 3.99. The molecule has 2 N–H and O–H groups in total. The molecule has 0 aromatic heterocycles. The fourth-order valence-corrected chi connectivity index (χ4v) is 3.29. The first-order valence-electron chi connectivity index (χ1n) is 6.19. The van der Waals surface area contributed by atoms with E-state index < -0.39 is 24.6 Å². The molecule has 6 atom stereocenters. The molecule has 2 saturated carbocycles. The molecule has 0 amide bonds. The summed E-state index contributed by atoms with van der Waals surface area (Å²) >= 11 is 0. The van der Waals surface area contributed by atoms with Gasteiger partial charge in [-0.3, -0.25) is 0 Å². The number of hydrogen-bond acceptors (Lipinski definition) is 2. The van der Waals surface area contributed by atoms with Crippen LogP contribution < -0.4 is 0 Å². The highest BCUT2D eigenvalue weighted by atomic mass is 19.1. The van der Waals surface area contributed by atoms with E-state index in [1.54, 1.807) is 0 Å². The zero-order chi connectivity index (χ0) is 11.7. The Hall–Kier alpha value is -0.220. The van der Waals surface area contributed by atoms with E-state index in [9.17, 15) is 19.0 Å². The van der Waals surface area contributed by atoms with Crippen LogP contribution in [0.5, 0.6) is 0 Å². The summed E-state index contributed by atoms with van der Waals surface area (Å²) in [4.78, 5) is 0. The second-order valence-electron chi connectivity index (χ2n) is 5.44. The van der Waals surface area contributed by atoms with Crippen LogP contribution in [0.1, 0.15) is 38.5 Å². The monoisotopic (exact) mass is 234 g/mol. The average Bonchev–Trinajstić information content (AvgIpc) is 2.14. The maximum absolute atomic E-state index is 13.3. The summed E-state index contributed by atoms with van der Waals surface area (Å²) in [5.74, 6) is 0.0684. The van der Waals surface area contributed by atoms with E-state index in [0.717, 1.165) is 0 Å². The fraction of sp³-hybridized carbons (Fsp3) is 1.00. The zero-order valence-corrected chi connectivity index (χ0v) is 9.36. The average molecular weight is 234 g/mol. The Balaban J connectivity index is 1.95. The van der Waals surface area contributed by atoms with Gasteiger partial charge in [0.05, 0.1) is 12.2 Å². The topological polar surface area (TPSA) is 40.5 Å². The second kappa shape index (κ2) is 4.96. The van der Waals surface area contributed by atoms with Crippen LogP contribution in [-0.2, 0) is 0 Å². The van der Waals surface area contributed by atoms with E-state index >= 15 is 0 Å². The fourth-order valence-electron chi connectivity index (χ4n) is 3.29. The zero-order valence-electron chi connectivity index (χ0n) is 9.36. The van der Waals surface area contributed by atoms with Gasteiger partial charge in [-0.25, -0.2) is 8.78 Å². The summed E-state index contributed by atoms with van der Waals surface area (Å²) in [6, 6.07) is 0. The molecule has 2 aliphatic carbocycles. The molecular formula is C12H20F2O2. The molecule has 0 radical (unpaired) electrons. The van der Waals surface area contributed by atoms with Crippen molar-refractivity contribution in [3.05, 3.63) is 0 Å². The third-order valence-electron chi connectivity index (χ3n) is 3.99. The van der Waals surface area contributed by atoms with Gasteiger partial charge in [0.25, 0.3) is 0 Å². The molecule has 2 rings (SSSR count). The van der Waals surface area contributed by atoms with Gasteiger partial charge in [-0.05, 0) is 37.5 Å². The van der Waals surface area contributed by atoms with E-state index in [4.69, 9.17) is 0 Å². The van der Waals surface area contributed by atoms with E-state index in [0.29, 0.717) is 25.7 Å². The van der Waals surface area contributed by atoms with Crippen molar-refractivity contribution in [1.82, 2.24) is 0 Å². The Kier molecular flexibility index (Phi) is 3.80. The molecular weight excluding hydrogens is 214 g/mol. The van der Waals surface area contributed by atoms with E-state index in [1.165, 1.54) is 0 Å². The molecule has 0 heterocycles. The van der Waals surface area contributed by atoms with Crippen LogP contribution in [0.3, 0.4) is 0 Å². The third kappa shape index (κ3) is 2.92. The maximum atomic E-state index is 13.3. The lowest BCUT2D eigenvalue weighted by Gasteiger charge is -2.38. The maximum Gasteiger partial charge on any atom is 0.103 e. The molecule has 0 aromatic carbocycles. The molecule has 0 spiro atoms. The molecule has 2 aliphatic rings. The molecule has 0 bridgehead atoms. The highest BCUT2D eigenvalue weighted by Gasteiger charge is 2.37. The minimum atomic E-state index is -0.967. The predicted octanol–water partition coefficient (Wildman–Crippen LogP) is 1.98. The van der Waals surface area contributed by atoms with Crippen molar-refractivity contribution in [3.8, 4) is 0 Å². The van der Waals surface area contributed by atoms with Gasteiger partial charge in [0, 0.05) is 12.8 Å². The number of alkyl halides is 2. The van der Waals surface area contributed by atoms with Crippen molar-refractivity contribution < 1.29 is 19.0 Å². The van der Waals surface area contributed by atoms with Crippen LogP contribution in [0, 0.1) is 11.8 Å². The van der Waals surface area contributed by atoms with Crippen LogP contribution in [0.15, 0.2) is 0 Å². The van der Waals surface area contributed by atoms with Crippen LogP contribution in [0.4, 0.5) is 8.78 Å².